The number of ether oxygens (including phenoxy) is 3. The van der Waals surface area contributed by atoms with Gasteiger partial charge in [-0.15, -0.1) is 0 Å². The summed E-state index contributed by atoms with van der Waals surface area (Å²) in [7, 11) is 0. The smallest absolute Gasteiger partial charge is 0.338 e. The Kier molecular flexibility index (Phi) is 10.1. The molecule has 0 aromatic heterocycles. The van der Waals surface area contributed by atoms with Crippen LogP contribution < -0.4 is 15.8 Å². The summed E-state index contributed by atoms with van der Waals surface area (Å²) in [6.45, 7) is 9.86. The Hall–Kier alpha value is -2.94. The van der Waals surface area contributed by atoms with Crippen LogP contribution in [0.1, 0.15) is 51.9 Å². The van der Waals surface area contributed by atoms with Gasteiger partial charge in [0.05, 0.1) is 11.6 Å². The first-order valence-electron chi connectivity index (χ1n) is 10.1. The van der Waals surface area contributed by atoms with Crippen LogP contribution in [0.4, 0.5) is 0 Å². The van der Waals surface area contributed by atoms with Crippen molar-refractivity contribution in [2.45, 2.75) is 59.7 Å². The zero-order valence-corrected chi connectivity index (χ0v) is 18.8. The van der Waals surface area contributed by atoms with Gasteiger partial charge < -0.3 is 25.3 Å². The molecule has 9 nitrogen and oxygen atoms in total. The number of benzene rings is 1. The van der Waals surface area contributed by atoms with E-state index < -0.39 is 42.0 Å². The molecular weight excluding hydrogens is 404 g/mol. The summed E-state index contributed by atoms with van der Waals surface area (Å²) in [5.74, 6) is -2.13. The third kappa shape index (κ3) is 8.75. The molecule has 0 saturated heterocycles. The van der Waals surface area contributed by atoms with Crippen molar-refractivity contribution in [2.75, 3.05) is 6.61 Å². The van der Waals surface area contributed by atoms with Gasteiger partial charge >= 0.3 is 17.9 Å². The molecule has 0 aliphatic carbocycles. The minimum absolute atomic E-state index is 0.0785. The Morgan fingerprint density at radius 3 is 2.03 bits per heavy atom. The second-order valence-electron chi connectivity index (χ2n) is 7.96. The molecule has 3 atom stereocenters. The molecule has 0 aliphatic rings. The van der Waals surface area contributed by atoms with Crippen LogP contribution in [0.5, 0.6) is 5.75 Å². The molecule has 0 radical (unpaired) electrons. The van der Waals surface area contributed by atoms with E-state index in [9.17, 15) is 19.2 Å². The Morgan fingerprint density at radius 2 is 1.55 bits per heavy atom. The molecule has 0 fully saturated rings. The Bertz CT molecular complexity index is 775. The fourth-order valence-electron chi connectivity index (χ4n) is 2.46. The van der Waals surface area contributed by atoms with Gasteiger partial charge in [-0.1, -0.05) is 27.7 Å². The molecule has 0 aliphatic heterocycles. The fourth-order valence-corrected chi connectivity index (χ4v) is 2.46. The third-order valence-corrected chi connectivity index (χ3v) is 4.36. The number of hydrogen-bond acceptors (Lipinski definition) is 8. The van der Waals surface area contributed by atoms with Gasteiger partial charge in [0.1, 0.15) is 24.5 Å². The summed E-state index contributed by atoms with van der Waals surface area (Å²) in [5, 5.41) is 2.63. The highest BCUT2D eigenvalue weighted by atomic mass is 16.6. The zero-order valence-electron chi connectivity index (χ0n) is 18.8. The van der Waals surface area contributed by atoms with Crippen molar-refractivity contribution in [3.63, 3.8) is 0 Å². The maximum Gasteiger partial charge on any atom is 0.338 e. The first-order chi connectivity index (χ1) is 14.4. The minimum atomic E-state index is -0.871. The highest BCUT2D eigenvalue weighted by molar-refractivity contribution is 5.90. The lowest BCUT2D eigenvalue weighted by molar-refractivity contribution is -0.155. The van der Waals surface area contributed by atoms with E-state index in [4.69, 9.17) is 19.9 Å². The van der Waals surface area contributed by atoms with Crippen molar-refractivity contribution >= 4 is 23.8 Å². The Labute approximate surface area is 182 Å². The largest absolute Gasteiger partial charge is 0.458 e. The molecule has 1 rings (SSSR count). The van der Waals surface area contributed by atoms with Gasteiger partial charge in [-0.05, 0) is 43.0 Å². The van der Waals surface area contributed by atoms with E-state index in [-0.39, 0.29) is 24.0 Å². The van der Waals surface area contributed by atoms with Crippen molar-refractivity contribution in [1.82, 2.24) is 5.32 Å². The highest BCUT2D eigenvalue weighted by Gasteiger charge is 2.30. The molecule has 9 heteroatoms. The molecular formula is C22H32N2O7. The summed E-state index contributed by atoms with van der Waals surface area (Å²) in [5.41, 5.74) is 6.09. The molecule has 31 heavy (non-hydrogen) atoms. The van der Waals surface area contributed by atoms with Crippen LogP contribution in [0, 0.1) is 11.8 Å². The number of amides is 1. The average molecular weight is 437 g/mol. The van der Waals surface area contributed by atoms with E-state index in [1.807, 2.05) is 13.8 Å². The van der Waals surface area contributed by atoms with Crippen molar-refractivity contribution in [1.29, 1.82) is 0 Å². The average Bonchev–Trinajstić information content (AvgIpc) is 2.68. The van der Waals surface area contributed by atoms with E-state index in [2.05, 4.69) is 5.32 Å². The first kappa shape index (κ1) is 26.1. The second kappa shape index (κ2) is 12.0. The lowest BCUT2D eigenvalue weighted by Crippen LogP contribution is -2.53. The summed E-state index contributed by atoms with van der Waals surface area (Å²) in [6.07, 6.45) is -0.728. The summed E-state index contributed by atoms with van der Waals surface area (Å²) in [4.78, 5) is 47.8. The van der Waals surface area contributed by atoms with Gasteiger partial charge in [-0.2, -0.15) is 0 Å². The van der Waals surface area contributed by atoms with Crippen LogP contribution >= 0.6 is 0 Å². The third-order valence-electron chi connectivity index (χ3n) is 4.36. The number of nitrogens with two attached hydrogens (primary N) is 1. The quantitative estimate of drug-likeness (QED) is 0.419. The monoisotopic (exact) mass is 436 g/mol. The minimum Gasteiger partial charge on any atom is -0.458 e. The molecule has 0 spiro atoms. The lowest BCUT2D eigenvalue weighted by atomic mass is 10.0. The van der Waals surface area contributed by atoms with Crippen LogP contribution in [0.2, 0.25) is 0 Å². The van der Waals surface area contributed by atoms with Crippen LogP contribution in [0.25, 0.3) is 0 Å². The molecule has 1 amide bonds. The van der Waals surface area contributed by atoms with Crippen molar-refractivity contribution < 1.29 is 33.4 Å². The number of nitrogens with one attached hydrogen (secondary N) is 1. The van der Waals surface area contributed by atoms with E-state index in [0.29, 0.717) is 5.75 Å². The van der Waals surface area contributed by atoms with Crippen LogP contribution in [-0.2, 0) is 23.9 Å². The molecule has 0 heterocycles. The first-order valence-corrected chi connectivity index (χ1v) is 10.1. The van der Waals surface area contributed by atoms with E-state index in [1.54, 1.807) is 20.8 Å². The number of carbonyl (C=O) groups excluding carboxylic acids is 4. The number of esters is 3. The summed E-state index contributed by atoms with van der Waals surface area (Å²) < 4.78 is 15.4. The predicted octanol–water partition coefficient (Wildman–Crippen LogP) is 1.82. The van der Waals surface area contributed by atoms with E-state index >= 15 is 0 Å². The normalized spacial score (nSPS) is 13.8. The van der Waals surface area contributed by atoms with Crippen LogP contribution in [0.3, 0.4) is 0 Å². The maximum absolute atomic E-state index is 12.5. The molecule has 0 bridgehead atoms. The van der Waals surface area contributed by atoms with Crippen LogP contribution in [-0.4, -0.2) is 48.6 Å². The van der Waals surface area contributed by atoms with Gasteiger partial charge in [0.25, 0.3) is 0 Å². The molecule has 3 unspecified atom stereocenters. The van der Waals surface area contributed by atoms with Gasteiger partial charge in [-0.3, -0.25) is 9.59 Å². The van der Waals surface area contributed by atoms with Gasteiger partial charge in [0, 0.05) is 6.92 Å². The van der Waals surface area contributed by atoms with Crippen molar-refractivity contribution in [3.8, 4) is 5.75 Å². The fraction of sp³-hybridized carbons (Fsp3) is 0.545. The molecule has 1 aromatic rings. The summed E-state index contributed by atoms with van der Waals surface area (Å²) >= 11 is 0. The van der Waals surface area contributed by atoms with E-state index in [1.165, 1.54) is 31.2 Å². The Morgan fingerprint density at radius 1 is 0.968 bits per heavy atom. The van der Waals surface area contributed by atoms with Crippen molar-refractivity contribution in [2.24, 2.45) is 17.6 Å². The number of carbonyl (C=O) groups is 4. The lowest BCUT2D eigenvalue weighted by Gasteiger charge is -2.25. The molecule has 0 saturated carbocycles. The van der Waals surface area contributed by atoms with Crippen LogP contribution in [0.15, 0.2) is 24.3 Å². The topological polar surface area (TPSA) is 134 Å². The van der Waals surface area contributed by atoms with Gasteiger partial charge in [0.15, 0.2) is 0 Å². The predicted molar refractivity (Wildman–Crippen MR) is 113 cm³/mol. The van der Waals surface area contributed by atoms with Gasteiger partial charge in [-0.25, -0.2) is 9.59 Å². The number of hydrogen-bond donors (Lipinski definition) is 2. The zero-order chi connectivity index (χ0) is 23.7. The maximum atomic E-state index is 12.5. The highest BCUT2D eigenvalue weighted by Crippen LogP contribution is 2.14. The van der Waals surface area contributed by atoms with Crippen molar-refractivity contribution in [3.05, 3.63) is 29.8 Å². The standard InChI is InChI=1S/C22H32N2O7/c1-12(2)18(23)20(26)24-19(13(3)4)22(28)30-14(5)11-29-21(27)16-7-9-17(10-8-16)31-15(6)25/h7-10,12-14,18-19H,11,23H2,1-6H3,(H,24,26). The molecule has 1 aromatic carbocycles. The Balaban J connectivity index is 2.59. The number of rotatable bonds is 10. The summed E-state index contributed by atoms with van der Waals surface area (Å²) in [6, 6.07) is 4.25. The van der Waals surface area contributed by atoms with Gasteiger partial charge in [0.2, 0.25) is 5.91 Å². The molecule has 3 N–H and O–H groups in total. The SMILES string of the molecule is CC(=O)Oc1ccc(C(=O)OCC(C)OC(=O)C(NC(=O)C(N)C(C)C)C(C)C)cc1. The molecule has 172 valence electrons. The van der Waals surface area contributed by atoms with E-state index in [0.717, 1.165) is 0 Å². The second-order valence-corrected chi connectivity index (χ2v) is 7.96.